The molecule has 23 heavy (non-hydrogen) atoms. The van der Waals surface area contributed by atoms with E-state index in [1.165, 1.54) is 7.11 Å². The van der Waals surface area contributed by atoms with Crippen molar-refractivity contribution in [2.24, 2.45) is 0 Å². The first-order valence-corrected chi connectivity index (χ1v) is 9.97. The Morgan fingerprint density at radius 3 is 2.35 bits per heavy atom. The topological polar surface area (TPSA) is 72.5 Å². The van der Waals surface area contributed by atoms with Crippen LogP contribution in [0.5, 0.6) is 0 Å². The number of carbonyl (C=O) groups is 1. The van der Waals surface area contributed by atoms with Gasteiger partial charge in [-0.2, -0.15) is 4.72 Å². The molecule has 1 N–H and O–H groups in total. The molecule has 0 aromatic heterocycles. The Bertz CT molecular complexity index is 679. The summed E-state index contributed by atoms with van der Waals surface area (Å²) in [5.74, 6) is -0.508. The van der Waals surface area contributed by atoms with Gasteiger partial charge in [-0.3, -0.25) is 4.79 Å². The maximum atomic E-state index is 12.8. The summed E-state index contributed by atoms with van der Waals surface area (Å²) < 4.78 is 33.7. The second-order valence-corrected chi connectivity index (χ2v) is 8.53. The molecule has 128 valence electrons. The van der Waals surface area contributed by atoms with Crippen molar-refractivity contribution in [3.05, 3.63) is 28.2 Å². The highest BCUT2D eigenvalue weighted by molar-refractivity contribution is 9.10. The highest BCUT2D eigenvalue weighted by Crippen LogP contribution is 2.31. The van der Waals surface area contributed by atoms with E-state index in [4.69, 9.17) is 4.74 Å². The van der Waals surface area contributed by atoms with Crippen LogP contribution in [0.1, 0.15) is 44.1 Å². The Morgan fingerprint density at radius 2 is 1.83 bits per heavy atom. The van der Waals surface area contributed by atoms with E-state index in [1.807, 2.05) is 6.92 Å². The molecule has 1 aromatic carbocycles. The van der Waals surface area contributed by atoms with Gasteiger partial charge in [0.1, 0.15) is 5.54 Å². The third-order valence-corrected chi connectivity index (χ3v) is 6.75. The zero-order valence-electron chi connectivity index (χ0n) is 13.4. The number of benzene rings is 1. The van der Waals surface area contributed by atoms with Crippen molar-refractivity contribution in [3.8, 4) is 0 Å². The fraction of sp³-hybridized carbons (Fsp3) is 0.562. The van der Waals surface area contributed by atoms with Gasteiger partial charge in [0, 0.05) is 4.47 Å². The lowest BCUT2D eigenvalue weighted by Crippen LogP contribution is -2.54. The fourth-order valence-electron chi connectivity index (χ4n) is 3.01. The Balaban J connectivity index is 2.39. The number of hydrogen-bond donors (Lipinski definition) is 1. The van der Waals surface area contributed by atoms with Crippen molar-refractivity contribution < 1.29 is 17.9 Å². The number of nitrogens with one attached hydrogen (secondary N) is 1. The predicted molar refractivity (Wildman–Crippen MR) is 91.6 cm³/mol. The molecule has 0 bridgehead atoms. The normalized spacial score (nSPS) is 18.2. The highest BCUT2D eigenvalue weighted by atomic mass is 79.9. The van der Waals surface area contributed by atoms with E-state index in [2.05, 4.69) is 20.7 Å². The molecule has 0 saturated heterocycles. The molecule has 1 saturated carbocycles. The van der Waals surface area contributed by atoms with Crippen LogP contribution in [0.15, 0.2) is 27.6 Å². The van der Waals surface area contributed by atoms with Crippen LogP contribution < -0.4 is 4.72 Å². The lowest BCUT2D eigenvalue weighted by molar-refractivity contribution is -0.148. The lowest BCUT2D eigenvalue weighted by atomic mass is 9.92. The van der Waals surface area contributed by atoms with E-state index in [-0.39, 0.29) is 4.90 Å². The number of sulfonamides is 1. The second kappa shape index (κ2) is 7.32. The molecule has 2 rings (SSSR count). The van der Waals surface area contributed by atoms with E-state index in [0.717, 1.165) is 31.2 Å². The van der Waals surface area contributed by atoms with Crippen molar-refractivity contribution in [1.29, 1.82) is 0 Å². The van der Waals surface area contributed by atoms with Crippen LogP contribution in [0.2, 0.25) is 0 Å². The van der Waals surface area contributed by atoms with Crippen molar-refractivity contribution >= 4 is 31.9 Å². The largest absolute Gasteiger partial charge is 0.468 e. The van der Waals surface area contributed by atoms with Crippen molar-refractivity contribution in [2.45, 2.75) is 55.9 Å². The monoisotopic (exact) mass is 403 g/mol. The van der Waals surface area contributed by atoms with Gasteiger partial charge < -0.3 is 4.74 Å². The van der Waals surface area contributed by atoms with Gasteiger partial charge in [0.15, 0.2) is 0 Å². The molecule has 7 heteroatoms. The van der Waals surface area contributed by atoms with E-state index < -0.39 is 21.5 Å². The third kappa shape index (κ3) is 4.14. The Morgan fingerprint density at radius 1 is 1.22 bits per heavy atom. The number of ether oxygens (including phenoxy) is 1. The van der Waals surface area contributed by atoms with Crippen LogP contribution in [-0.2, 0) is 19.6 Å². The summed E-state index contributed by atoms with van der Waals surface area (Å²) in [6, 6.07) is 5.02. The number of rotatable bonds is 4. The minimum atomic E-state index is -3.83. The summed E-state index contributed by atoms with van der Waals surface area (Å²) in [4.78, 5) is 12.5. The summed E-state index contributed by atoms with van der Waals surface area (Å²) >= 11 is 3.30. The van der Waals surface area contributed by atoms with Gasteiger partial charge >= 0.3 is 5.97 Å². The first kappa shape index (κ1) is 18.4. The zero-order chi connectivity index (χ0) is 17.1. The quantitative estimate of drug-likeness (QED) is 0.618. The predicted octanol–water partition coefficient (Wildman–Crippen LogP) is 3.30. The second-order valence-electron chi connectivity index (χ2n) is 6.03. The van der Waals surface area contributed by atoms with Gasteiger partial charge in [-0.25, -0.2) is 8.42 Å². The van der Waals surface area contributed by atoms with Gasteiger partial charge in [-0.1, -0.05) is 31.7 Å². The van der Waals surface area contributed by atoms with Crippen LogP contribution in [0, 0.1) is 6.92 Å². The summed E-state index contributed by atoms with van der Waals surface area (Å²) in [7, 11) is -2.54. The Kier molecular flexibility index (Phi) is 5.86. The first-order chi connectivity index (χ1) is 10.8. The molecule has 0 amide bonds. The first-order valence-electron chi connectivity index (χ1n) is 7.69. The number of carbonyl (C=O) groups excluding carboxylic acids is 1. The van der Waals surface area contributed by atoms with Gasteiger partial charge in [0.05, 0.1) is 12.0 Å². The molecule has 1 fully saturated rings. The number of methoxy groups -OCH3 is 1. The van der Waals surface area contributed by atoms with Gasteiger partial charge in [0.2, 0.25) is 10.0 Å². The van der Waals surface area contributed by atoms with E-state index >= 15 is 0 Å². The third-order valence-electron chi connectivity index (χ3n) is 4.24. The standard InChI is InChI=1S/C16H22BrNO4S/c1-12-7-8-14(13(17)11-12)23(20,21)18-16(15(19)22-2)9-5-3-4-6-10-16/h7-8,11,18H,3-6,9-10H2,1-2H3. The van der Waals surface area contributed by atoms with Crippen molar-refractivity contribution in [3.63, 3.8) is 0 Å². The summed E-state index contributed by atoms with van der Waals surface area (Å²) in [6.07, 6.45) is 4.51. The highest BCUT2D eigenvalue weighted by Gasteiger charge is 2.43. The van der Waals surface area contributed by atoms with Crippen LogP contribution in [0.3, 0.4) is 0 Å². The summed E-state index contributed by atoms with van der Waals surface area (Å²) in [6.45, 7) is 1.88. The van der Waals surface area contributed by atoms with Crippen LogP contribution in [0.4, 0.5) is 0 Å². The van der Waals surface area contributed by atoms with E-state index in [0.29, 0.717) is 17.3 Å². The molecule has 0 radical (unpaired) electrons. The Hall–Kier alpha value is -0.920. The average Bonchev–Trinajstić information content (AvgIpc) is 2.72. The maximum Gasteiger partial charge on any atom is 0.327 e. The molecule has 0 aliphatic heterocycles. The smallest absolute Gasteiger partial charge is 0.327 e. The summed E-state index contributed by atoms with van der Waals surface area (Å²) in [5.41, 5.74) is -0.220. The number of esters is 1. The minimum absolute atomic E-state index is 0.135. The molecule has 0 unspecified atom stereocenters. The molecule has 1 aromatic rings. The maximum absolute atomic E-state index is 12.8. The van der Waals surface area contributed by atoms with Crippen LogP contribution in [0.25, 0.3) is 0 Å². The molecular weight excluding hydrogens is 382 g/mol. The number of halogens is 1. The SMILES string of the molecule is COC(=O)C1(NS(=O)(=O)c2ccc(C)cc2Br)CCCCCC1. The van der Waals surface area contributed by atoms with Crippen molar-refractivity contribution in [2.75, 3.05) is 7.11 Å². The summed E-state index contributed by atoms with van der Waals surface area (Å²) in [5, 5.41) is 0. The van der Waals surface area contributed by atoms with Crippen LogP contribution >= 0.6 is 15.9 Å². The molecule has 0 atom stereocenters. The van der Waals surface area contributed by atoms with Crippen molar-refractivity contribution in [1.82, 2.24) is 4.72 Å². The van der Waals surface area contributed by atoms with Gasteiger partial charge in [-0.15, -0.1) is 0 Å². The average molecular weight is 404 g/mol. The molecule has 0 spiro atoms. The molecule has 1 aliphatic rings. The zero-order valence-corrected chi connectivity index (χ0v) is 15.8. The lowest BCUT2D eigenvalue weighted by Gasteiger charge is -2.30. The minimum Gasteiger partial charge on any atom is -0.468 e. The molecular formula is C16H22BrNO4S. The molecule has 1 aliphatic carbocycles. The van der Waals surface area contributed by atoms with Crippen LogP contribution in [-0.4, -0.2) is 27.0 Å². The van der Waals surface area contributed by atoms with E-state index in [1.54, 1.807) is 18.2 Å². The number of aryl methyl sites for hydroxylation is 1. The van der Waals surface area contributed by atoms with E-state index in [9.17, 15) is 13.2 Å². The number of hydrogen-bond acceptors (Lipinski definition) is 4. The molecule has 0 heterocycles. The van der Waals surface area contributed by atoms with Gasteiger partial charge in [-0.05, 0) is 53.4 Å². The Labute approximate surface area is 146 Å². The fourth-order valence-corrected chi connectivity index (χ4v) is 5.62. The molecule has 5 nitrogen and oxygen atoms in total. The van der Waals surface area contributed by atoms with Gasteiger partial charge in [0.25, 0.3) is 0 Å².